The summed E-state index contributed by atoms with van der Waals surface area (Å²) in [6.45, 7) is 5.85. The Hall–Kier alpha value is -1.62. The number of hydrogen-bond acceptors (Lipinski definition) is 4. The van der Waals surface area contributed by atoms with Crippen LogP contribution in [0.25, 0.3) is 0 Å². The van der Waals surface area contributed by atoms with Gasteiger partial charge < -0.3 is 5.73 Å². The summed E-state index contributed by atoms with van der Waals surface area (Å²) in [5, 5.41) is 0.710. The Morgan fingerprint density at radius 3 is 2.53 bits per heavy atom. The largest absolute Gasteiger partial charge is 0.383 e. The van der Waals surface area contributed by atoms with Crippen LogP contribution < -0.4 is 5.73 Å². The summed E-state index contributed by atoms with van der Waals surface area (Å²) in [6.07, 6.45) is 0. The molecule has 1 aromatic carbocycles. The average Bonchev–Trinajstić information content (AvgIpc) is 2.37. The number of anilines is 1. The van der Waals surface area contributed by atoms with Crippen LogP contribution in [0.3, 0.4) is 0 Å². The molecule has 0 atom stereocenters. The standard InChI is InChI=1S/C14H16FN3S/c1-8(2)13-17-12(16)9(3)14(18-13)19-11-7-5-4-6-10(11)15/h4-8H,1-3H3,(H2,16,17,18). The molecular weight excluding hydrogens is 261 g/mol. The summed E-state index contributed by atoms with van der Waals surface area (Å²) in [5.41, 5.74) is 6.68. The lowest BCUT2D eigenvalue weighted by Crippen LogP contribution is -2.05. The summed E-state index contributed by atoms with van der Waals surface area (Å²) < 4.78 is 13.7. The molecule has 5 heteroatoms. The first-order valence-electron chi connectivity index (χ1n) is 6.05. The molecule has 1 heterocycles. The summed E-state index contributed by atoms with van der Waals surface area (Å²) >= 11 is 1.28. The van der Waals surface area contributed by atoms with E-state index in [0.717, 1.165) is 5.56 Å². The van der Waals surface area contributed by atoms with Gasteiger partial charge in [-0.3, -0.25) is 0 Å². The predicted molar refractivity (Wildman–Crippen MR) is 75.8 cm³/mol. The molecule has 19 heavy (non-hydrogen) atoms. The van der Waals surface area contributed by atoms with Crippen LogP contribution in [0.4, 0.5) is 10.2 Å². The minimum Gasteiger partial charge on any atom is -0.383 e. The van der Waals surface area contributed by atoms with Crippen molar-refractivity contribution < 1.29 is 4.39 Å². The molecule has 0 aliphatic heterocycles. The second-order valence-electron chi connectivity index (χ2n) is 4.58. The van der Waals surface area contributed by atoms with Gasteiger partial charge in [0, 0.05) is 16.4 Å². The Morgan fingerprint density at radius 2 is 1.89 bits per heavy atom. The normalized spacial score (nSPS) is 11.0. The van der Waals surface area contributed by atoms with Crippen molar-refractivity contribution in [2.75, 3.05) is 5.73 Å². The van der Waals surface area contributed by atoms with Gasteiger partial charge in [-0.15, -0.1) is 0 Å². The molecule has 3 nitrogen and oxygen atoms in total. The second-order valence-corrected chi connectivity index (χ2v) is 5.62. The number of rotatable bonds is 3. The molecule has 0 bridgehead atoms. The molecule has 0 saturated heterocycles. The molecule has 100 valence electrons. The third-order valence-electron chi connectivity index (χ3n) is 2.72. The lowest BCUT2D eigenvalue weighted by molar-refractivity contribution is 0.601. The smallest absolute Gasteiger partial charge is 0.137 e. The summed E-state index contributed by atoms with van der Waals surface area (Å²) in [5.74, 6) is 1.07. The van der Waals surface area contributed by atoms with E-state index in [2.05, 4.69) is 9.97 Å². The van der Waals surface area contributed by atoms with E-state index in [0.29, 0.717) is 21.6 Å². The van der Waals surface area contributed by atoms with Crippen molar-refractivity contribution >= 4 is 17.6 Å². The molecule has 0 spiro atoms. The zero-order chi connectivity index (χ0) is 14.0. The van der Waals surface area contributed by atoms with Gasteiger partial charge in [0.15, 0.2) is 0 Å². The van der Waals surface area contributed by atoms with Crippen LogP contribution in [0, 0.1) is 12.7 Å². The fourth-order valence-corrected chi connectivity index (χ4v) is 2.44. The number of nitrogens with two attached hydrogens (primary N) is 1. The Balaban J connectivity index is 2.42. The molecule has 0 aliphatic rings. The van der Waals surface area contributed by atoms with E-state index in [9.17, 15) is 4.39 Å². The van der Waals surface area contributed by atoms with Crippen LogP contribution >= 0.6 is 11.8 Å². The maximum Gasteiger partial charge on any atom is 0.137 e. The average molecular weight is 277 g/mol. The van der Waals surface area contributed by atoms with E-state index in [-0.39, 0.29) is 11.7 Å². The van der Waals surface area contributed by atoms with Gasteiger partial charge in [0.1, 0.15) is 22.5 Å². The van der Waals surface area contributed by atoms with E-state index in [1.807, 2.05) is 20.8 Å². The predicted octanol–water partition coefficient (Wildman–Crippen LogP) is 3.78. The minimum atomic E-state index is -0.254. The Labute approximate surface area is 116 Å². The third-order valence-corrected chi connectivity index (χ3v) is 3.86. The van der Waals surface area contributed by atoms with Crippen molar-refractivity contribution in [3.8, 4) is 0 Å². The highest BCUT2D eigenvalue weighted by atomic mass is 32.2. The SMILES string of the molecule is Cc1c(N)nc(C(C)C)nc1Sc1ccccc1F. The van der Waals surface area contributed by atoms with Gasteiger partial charge >= 0.3 is 0 Å². The van der Waals surface area contributed by atoms with Crippen molar-refractivity contribution in [3.63, 3.8) is 0 Å². The zero-order valence-electron chi connectivity index (χ0n) is 11.1. The highest BCUT2D eigenvalue weighted by Gasteiger charge is 2.13. The number of nitrogens with zero attached hydrogens (tertiary/aromatic N) is 2. The minimum absolute atomic E-state index is 0.183. The fraction of sp³-hybridized carbons (Fsp3) is 0.286. The van der Waals surface area contributed by atoms with Gasteiger partial charge in [0.25, 0.3) is 0 Å². The van der Waals surface area contributed by atoms with Crippen LogP contribution in [-0.2, 0) is 0 Å². The number of aromatic nitrogens is 2. The van der Waals surface area contributed by atoms with E-state index < -0.39 is 0 Å². The lowest BCUT2D eigenvalue weighted by Gasteiger charge is -2.11. The summed E-state index contributed by atoms with van der Waals surface area (Å²) in [4.78, 5) is 9.27. The van der Waals surface area contributed by atoms with Gasteiger partial charge in [-0.2, -0.15) is 0 Å². The maximum absolute atomic E-state index is 13.7. The van der Waals surface area contributed by atoms with Crippen molar-refractivity contribution in [3.05, 3.63) is 41.5 Å². The van der Waals surface area contributed by atoms with Gasteiger partial charge in [0.05, 0.1) is 0 Å². The highest BCUT2D eigenvalue weighted by molar-refractivity contribution is 7.99. The lowest BCUT2D eigenvalue weighted by atomic mass is 10.2. The van der Waals surface area contributed by atoms with Gasteiger partial charge in [-0.25, -0.2) is 14.4 Å². The van der Waals surface area contributed by atoms with Gasteiger partial charge in [0.2, 0.25) is 0 Å². The molecule has 0 aliphatic carbocycles. The third kappa shape index (κ3) is 3.04. The topological polar surface area (TPSA) is 51.8 Å². The first-order chi connectivity index (χ1) is 8.99. The van der Waals surface area contributed by atoms with E-state index in [1.54, 1.807) is 18.2 Å². The van der Waals surface area contributed by atoms with E-state index >= 15 is 0 Å². The van der Waals surface area contributed by atoms with Gasteiger partial charge in [-0.1, -0.05) is 37.7 Å². The molecular formula is C14H16FN3S. The van der Waals surface area contributed by atoms with Crippen LogP contribution in [0.15, 0.2) is 34.2 Å². The molecule has 2 aromatic rings. The van der Waals surface area contributed by atoms with Crippen LogP contribution in [0.2, 0.25) is 0 Å². The molecule has 0 unspecified atom stereocenters. The highest BCUT2D eigenvalue weighted by Crippen LogP contribution is 2.32. The second kappa shape index (κ2) is 5.57. The molecule has 2 rings (SSSR count). The monoisotopic (exact) mass is 277 g/mol. The number of nitrogen functional groups attached to an aromatic ring is 1. The van der Waals surface area contributed by atoms with Crippen LogP contribution in [0.1, 0.15) is 31.2 Å². The molecule has 0 fully saturated rings. The quantitative estimate of drug-likeness (QED) is 0.867. The van der Waals surface area contributed by atoms with Crippen molar-refractivity contribution in [1.29, 1.82) is 0 Å². The molecule has 1 aromatic heterocycles. The molecule has 0 saturated carbocycles. The maximum atomic E-state index is 13.7. The summed E-state index contributed by atoms with van der Waals surface area (Å²) in [6, 6.07) is 6.63. The first-order valence-corrected chi connectivity index (χ1v) is 6.87. The summed E-state index contributed by atoms with van der Waals surface area (Å²) in [7, 11) is 0. The Bertz CT molecular complexity index is 599. The molecule has 0 amide bonds. The van der Waals surface area contributed by atoms with Crippen molar-refractivity contribution in [2.45, 2.75) is 36.6 Å². The molecule has 0 radical (unpaired) electrons. The van der Waals surface area contributed by atoms with Crippen LogP contribution in [0.5, 0.6) is 0 Å². The Kier molecular flexibility index (Phi) is 4.04. The number of halogens is 1. The fourth-order valence-electron chi connectivity index (χ4n) is 1.52. The number of hydrogen-bond donors (Lipinski definition) is 1. The van der Waals surface area contributed by atoms with Crippen molar-refractivity contribution in [2.24, 2.45) is 0 Å². The zero-order valence-corrected chi connectivity index (χ0v) is 12.0. The number of benzene rings is 1. The van der Waals surface area contributed by atoms with E-state index in [1.165, 1.54) is 17.8 Å². The Morgan fingerprint density at radius 1 is 1.21 bits per heavy atom. The van der Waals surface area contributed by atoms with Crippen molar-refractivity contribution in [1.82, 2.24) is 9.97 Å². The first kappa shape index (κ1) is 13.8. The van der Waals surface area contributed by atoms with E-state index in [4.69, 9.17) is 5.73 Å². The van der Waals surface area contributed by atoms with Gasteiger partial charge in [-0.05, 0) is 19.1 Å². The van der Waals surface area contributed by atoms with Crippen LogP contribution in [-0.4, -0.2) is 9.97 Å². The molecule has 2 N–H and O–H groups in total.